The minimum absolute atomic E-state index is 0.178. The van der Waals surface area contributed by atoms with E-state index in [1.54, 1.807) is 5.10 Å². The number of H-pyrrole nitrogens is 1. The van der Waals surface area contributed by atoms with E-state index in [4.69, 9.17) is 4.74 Å². The number of pyridine rings is 1. The van der Waals surface area contributed by atoms with Gasteiger partial charge >= 0.3 is 12.4 Å². The first-order valence-electron chi connectivity index (χ1n) is 12.0. The molecule has 4 rings (SSSR count). The molecule has 39 heavy (non-hydrogen) atoms. The van der Waals surface area contributed by atoms with E-state index in [1.807, 2.05) is 4.90 Å². The number of nitrogens with one attached hydrogen (secondary N) is 2. The second kappa shape index (κ2) is 11.0. The van der Waals surface area contributed by atoms with Gasteiger partial charge in [-0.2, -0.15) is 31.4 Å². The lowest BCUT2D eigenvalue weighted by Crippen LogP contribution is -2.58. The fraction of sp³-hybridized carbons (Fsp3) is 0.565. The molecule has 10 nitrogen and oxygen atoms in total. The van der Waals surface area contributed by atoms with Gasteiger partial charge in [-0.05, 0) is 31.4 Å². The molecule has 3 N–H and O–H groups in total. The van der Waals surface area contributed by atoms with Crippen LogP contribution in [0.2, 0.25) is 0 Å². The van der Waals surface area contributed by atoms with Crippen LogP contribution >= 0.6 is 0 Å². The summed E-state index contributed by atoms with van der Waals surface area (Å²) in [5, 5.41) is 17.9. The molecule has 2 aliphatic heterocycles. The first-order valence-corrected chi connectivity index (χ1v) is 12.0. The lowest BCUT2D eigenvalue weighted by atomic mass is 9.95. The number of hydrogen-bond donors (Lipinski definition) is 3. The normalized spacial score (nSPS) is 19.2. The second-order valence-electron chi connectivity index (χ2n) is 9.46. The number of aryl methyl sites for hydroxylation is 1. The van der Waals surface area contributed by atoms with Crippen molar-refractivity contribution in [2.75, 3.05) is 43.1 Å². The predicted molar refractivity (Wildman–Crippen MR) is 125 cm³/mol. The van der Waals surface area contributed by atoms with Crippen molar-refractivity contribution in [1.82, 2.24) is 20.1 Å². The van der Waals surface area contributed by atoms with Gasteiger partial charge in [-0.25, -0.2) is 10.1 Å². The molecular formula is C23H26F6N6O4. The number of alkyl halides is 6. The Kier molecular flexibility index (Phi) is 8.07. The van der Waals surface area contributed by atoms with Crippen molar-refractivity contribution in [3.63, 3.8) is 0 Å². The van der Waals surface area contributed by atoms with Crippen LogP contribution < -0.4 is 15.8 Å². The molecule has 0 unspecified atom stereocenters. The van der Waals surface area contributed by atoms with Crippen molar-refractivity contribution in [1.29, 1.82) is 0 Å². The quantitative estimate of drug-likeness (QED) is 0.437. The molecule has 1 saturated heterocycles. The van der Waals surface area contributed by atoms with Crippen molar-refractivity contribution in [3.8, 4) is 0 Å². The second-order valence-corrected chi connectivity index (χ2v) is 9.46. The molecule has 0 spiro atoms. The Morgan fingerprint density at radius 2 is 1.95 bits per heavy atom. The number of carbonyl (C=O) groups excluding carboxylic acids is 1. The van der Waals surface area contributed by atoms with E-state index in [2.05, 4.69) is 15.4 Å². The van der Waals surface area contributed by atoms with Crippen molar-refractivity contribution in [3.05, 3.63) is 45.5 Å². The molecule has 214 valence electrons. The van der Waals surface area contributed by atoms with E-state index in [-0.39, 0.29) is 25.7 Å². The van der Waals surface area contributed by atoms with Gasteiger partial charge in [0.1, 0.15) is 11.4 Å². The third kappa shape index (κ3) is 6.43. The number of nitrogens with zero attached hydrogens (tertiary/aromatic N) is 4. The van der Waals surface area contributed by atoms with Crippen LogP contribution in [0.3, 0.4) is 0 Å². The fourth-order valence-corrected chi connectivity index (χ4v) is 4.74. The molecule has 2 aromatic rings. The summed E-state index contributed by atoms with van der Waals surface area (Å²) >= 11 is 0. The number of anilines is 2. The highest BCUT2D eigenvalue weighted by molar-refractivity contribution is 5.81. The summed E-state index contributed by atoms with van der Waals surface area (Å²) in [6.07, 6.45) is -8.43. The summed E-state index contributed by atoms with van der Waals surface area (Å²) in [6.45, 7) is 1.66. The van der Waals surface area contributed by atoms with Crippen LogP contribution in [0.4, 0.5) is 37.8 Å². The Bertz CT molecular complexity index is 1250. The summed E-state index contributed by atoms with van der Waals surface area (Å²) < 4.78 is 83.9. The first kappa shape index (κ1) is 28.6. The van der Waals surface area contributed by atoms with Gasteiger partial charge < -0.3 is 25.0 Å². The van der Waals surface area contributed by atoms with E-state index in [1.165, 1.54) is 11.8 Å². The molecule has 2 aromatic heterocycles. The summed E-state index contributed by atoms with van der Waals surface area (Å²) in [5.41, 5.74) is -3.67. The van der Waals surface area contributed by atoms with E-state index in [0.29, 0.717) is 30.8 Å². The number of ether oxygens (including phenoxy) is 1. The summed E-state index contributed by atoms with van der Waals surface area (Å²) in [4.78, 5) is 31.7. The maximum absolute atomic E-state index is 13.2. The number of fused-ring (bicyclic) bond motifs is 3. The van der Waals surface area contributed by atoms with Crippen LogP contribution in [-0.4, -0.2) is 82.1 Å². The van der Waals surface area contributed by atoms with E-state index >= 15 is 0 Å². The Hall–Kier alpha value is -3.40. The number of aliphatic hydroxyl groups is 1. The van der Waals surface area contributed by atoms with Crippen molar-refractivity contribution in [2.45, 2.75) is 50.3 Å². The molecule has 4 heterocycles. The Labute approximate surface area is 218 Å². The highest BCUT2D eigenvalue weighted by atomic mass is 19.4. The van der Waals surface area contributed by atoms with Gasteiger partial charge in [0.05, 0.1) is 30.7 Å². The van der Waals surface area contributed by atoms with Gasteiger partial charge in [-0.15, -0.1) is 0 Å². The van der Waals surface area contributed by atoms with E-state index < -0.39 is 59.4 Å². The standard InChI is InChI=1S/C23H26F6N6O4/c1-12(32-16-8-31-33-20(37)18(16)23(27,28)29)10-39-11-17(36)21(38)34-4-5-35-15(9-34)3-2-13-6-14(22(24,25)26)7-30-19(13)35/h6-8,12,15,17,36H,2-5,9-11H2,1H3,(H2,32,33,37)/t12-,15+,17+/m0/s1. The fourth-order valence-electron chi connectivity index (χ4n) is 4.74. The summed E-state index contributed by atoms with van der Waals surface area (Å²) in [6, 6.07) is 0.194. The van der Waals surface area contributed by atoms with Crippen LogP contribution in [-0.2, 0) is 28.3 Å². The Balaban J connectivity index is 1.28. The lowest BCUT2D eigenvalue weighted by molar-refractivity contribution is -0.144. The molecule has 16 heteroatoms. The molecule has 0 saturated carbocycles. The topological polar surface area (TPSA) is 124 Å². The number of aromatic nitrogens is 3. The van der Waals surface area contributed by atoms with Crippen molar-refractivity contribution < 1.29 is 41.0 Å². The zero-order chi connectivity index (χ0) is 28.5. The summed E-state index contributed by atoms with van der Waals surface area (Å²) in [7, 11) is 0. The number of piperazine rings is 1. The molecule has 3 atom stereocenters. The van der Waals surface area contributed by atoms with Gasteiger partial charge in [-0.1, -0.05) is 0 Å². The Morgan fingerprint density at radius 1 is 1.21 bits per heavy atom. The predicted octanol–water partition coefficient (Wildman–Crippen LogP) is 2.04. The third-order valence-corrected chi connectivity index (χ3v) is 6.55. The van der Waals surface area contributed by atoms with E-state index in [0.717, 1.165) is 18.5 Å². The van der Waals surface area contributed by atoms with Crippen LogP contribution in [0.1, 0.15) is 30.0 Å². The number of amides is 1. The lowest BCUT2D eigenvalue weighted by Gasteiger charge is -2.45. The van der Waals surface area contributed by atoms with Crippen molar-refractivity contribution in [2.24, 2.45) is 0 Å². The van der Waals surface area contributed by atoms with Gasteiger partial charge in [-0.3, -0.25) is 9.59 Å². The average Bonchev–Trinajstić information content (AvgIpc) is 2.86. The molecule has 1 amide bonds. The maximum atomic E-state index is 13.2. The molecule has 0 aliphatic carbocycles. The SMILES string of the molecule is C[C@@H](COC[C@@H](O)C(=O)N1CCN2c3ncc(C(F)(F)F)cc3CC[C@@H]2C1)Nc1cn[nH]c(=O)c1C(F)(F)F. The average molecular weight is 564 g/mol. The minimum Gasteiger partial charge on any atom is -0.381 e. The summed E-state index contributed by atoms with van der Waals surface area (Å²) in [5.74, 6) is -0.138. The zero-order valence-corrected chi connectivity index (χ0v) is 20.6. The number of aliphatic hydroxyl groups excluding tert-OH is 1. The van der Waals surface area contributed by atoms with Crippen LogP contribution in [0.15, 0.2) is 23.3 Å². The van der Waals surface area contributed by atoms with Crippen LogP contribution in [0, 0.1) is 0 Å². The zero-order valence-electron chi connectivity index (χ0n) is 20.6. The monoisotopic (exact) mass is 564 g/mol. The number of halogens is 6. The molecule has 1 fully saturated rings. The first-order chi connectivity index (χ1) is 18.3. The highest BCUT2D eigenvalue weighted by Gasteiger charge is 2.39. The van der Waals surface area contributed by atoms with Crippen LogP contribution in [0.5, 0.6) is 0 Å². The molecule has 0 aromatic carbocycles. The molecule has 0 radical (unpaired) electrons. The maximum Gasteiger partial charge on any atom is 0.423 e. The number of rotatable bonds is 7. The smallest absolute Gasteiger partial charge is 0.381 e. The molecular weight excluding hydrogens is 538 g/mol. The minimum atomic E-state index is -4.91. The number of hydrogen-bond acceptors (Lipinski definition) is 8. The van der Waals surface area contributed by atoms with Gasteiger partial charge in [0.15, 0.2) is 6.10 Å². The van der Waals surface area contributed by atoms with Crippen molar-refractivity contribution >= 4 is 17.4 Å². The largest absolute Gasteiger partial charge is 0.423 e. The Morgan fingerprint density at radius 3 is 2.64 bits per heavy atom. The molecule has 2 aliphatic rings. The van der Waals surface area contributed by atoms with Gasteiger partial charge in [0.25, 0.3) is 11.5 Å². The third-order valence-electron chi connectivity index (χ3n) is 6.55. The molecule has 0 bridgehead atoms. The number of aromatic amines is 1. The van der Waals surface area contributed by atoms with E-state index in [9.17, 15) is 41.0 Å². The van der Waals surface area contributed by atoms with Gasteiger partial charge in [0, 0.05) is 37.9 Å². The number of carbonyl (C=O) groups is 1. The van der Waals surface area contributed by atoms with Crippen LogP contribution in [0.25, 0.3) is 0 Å². The highest BCUT2D eigenvalue weighted by Crippen LogP contribution is 2.36. The van der Waals surface area contributed by atoms with Gasteiger partial charge in [0.2, 0.25) is 0 Å².